The molecule has 2 aromatic heterocycles. The van der Waals surface area contributed by atoms with Crippen molar-refractivity contribution in [2.75, 3.05) is 11.1 Å². The molecule has 37 heavy (non-hydrogen) atoms. The van der Waals surface area contributed by atoms with Crippen LogP contribution in [0.3, 0.4) is 0 Å². The second-order valence-electron chi connectivity index (χ2n) is 9.11. The van der Waals surface area contributed by atoms with E-state index < -0.39 is 28.1 Å². The van der Waals surface area contributed by atoms with Gasteiger partial charge in [-0.1, -0.05) is 19.1 Å². The number of pyridine rings is 1. The van der Waals surface area contributed by atoms with Gasteiger partial charge in [-0.15, -0.1) is 5.10 Å². The first kappa shape index (κ1) is 26.6. The van der Waals surface area contributed by atoms with Gasteiger partial charge >= 0.3 is 6.18 Å². The van der Waals surface area contributed by atoms with Gasteiger partial charge in [-0.25, -0.2) is 4.98 Å². The largest absolute Gasteiger partial charge is 0.435 e. The molecule has 0 fully saturated rings. The lowest BCUT2D eigenvalue weighted by molar-refractivity contribution is -0.141. The monoisotopic (exact) mass is 530 g/mol. The standard InChI is InChI=1S/C26H25F3N4O3S/c1-4-37(36)17-7-5-16(6-8-17)14-22(34)31-21-13-15(2)23-18(30-21)11-12-25(3,24(23)35)19-9-10-20(33-32-19)26(27,28)29/h5-10,13H,4,11-12,14H2,1-3H3,(H,30,31,34). The van der Waals surface area contributed by atoms with E-state index in [-0.39, 0.29) is 30.2 Å². The summed E-state index contributed by atoms with van der Waals surface area (Å²) in [6, 6.07) is 10.6. The highest BCUT2D eigenvalue weighted by molar-refractivity contribution is 7.85. The third-order valence-electron chi connectivity index (χ3n) is 6.48. The van der Waals surface area contributed by atoms with Gasteiger partial charge in [0.2, 0.25) is 5.91 Å². The first-order valence-electron chi connectivity index (χ1n) is 11.7. The first-order valence-corrected chi connectivity index (χ1v) is 13.0. The number of hydrogen-bond donors (Lipinski definition) is 1. The molecule has 2 unspecified atom stereocenters. The van der Waals surface area contributed by atoms with E-state index in [0.29, 0.717) is 39.7 Å². The molecule has 2 atom stereocenters. The molecule has 1 aliphatic rings. The zero-order valence-corrected chi connectivity index (χ0v) is 21.3. The minimum absolute atomic E-state index is 0.0977. The maximum absolute atomic E-state index is 13.5. The van der Waals surface area contributed by atoms with Crippen LogP contribution in [-0.2, 0) is 40.0 Å². The number of amides is 1. The van der Waals surface area contributed by atoms with E-state index in [1.165, 1.54) is 6.07 Å². The number of nitrogens with zero attached hydrogens (tertiary/aromatic N) is 3. The number of benzene rings is 1. The quantitative estimate of drug-likeness (QED) is 0.500. The number of carbonyl (C=O) groups excluding carboxylic acids is 2. The Hall–Kier alpha value is -3.47. The highest BCUT2D eigenvalue weighted by Crippen LogP contribution is 2.39. The number of anilines is 1. The van der Waals surface area contributed by atoms with Gasteiger partial charge in [0.15, 0.2) is 11.5 Å². The summed E-state index contributed by atoms with van der Waals surface area (Å²) in [6.07, 6.45) is -3.86. The number of hydrogen-bond acceptors (Lipinski definition) is 6. The predicted octanol–water partition coefficient (Wildman–Crippen LogP) is 4.59. The predicted molar refractivity (Wildman–Crippen MR) is 132 cm³/mol. The molecule has 4 rings (SSSR count). The van der Waals surface area contributed by atoms with Crippen LogP contribution in [-0.4, -0.2) is 36.8 Å². The second-order valence-corrected chi connectivity index (χ2v) is 10.9. The molecule has 2 heterocycles. The van der Waals surface area contributed by atoms with Crippen molar-refractivity contribution in [3.8, 4) is 0 Å². The van der Waals surface area contributed by atoms with Crippen molar-refractivity contribution in [2.24, 2.45) is 0 Å². The number of fused-ring (bicyclic) bond motifs is 1. The normalized spacial score (nSPS) is 18.3. The van der Waals surface area contributed by atoms with Gasteiger partial charge in [0.25, 0.3) is 0 Å². The molecule has 0 aliphatic heterocycles. The number of aryl methyl sites for hydroxylation is 2. The first-order chi connectivity index (χ1) is 17.4. The van der Waals surface area contributed by atoms with Gasteiger partial charge in [-0.3, -0.25) is 13.8 Å². The number of halogens is 3. The van der Waals surface area contributed by atoms with E-state index in [4.69, 9.17) is 0 Å². The summed E-state index contributed by atoms with van der Waals surface area (Å²) >= 11 is 0. The number of nitrogens with one attached hydrogen (secondary N) is 1. The number of alkyl halides is 3. The Morgan fingerprint density at radius 3 is 2.43 bits per heavy atom. The van der Waals surface area contributed by atoms with Gasteiger partial charge in [-0.05, 0) is 68.1 Å². The van der Waals surface area contributed by atoms with E-state index in [2.05, 4.69) is 20.5 Å². The lowest BCUT2D eigenvalue weighted by Gasteiger charge is -2.33. The summed E-state index contributed by atoms with van der Waals surface area (Å²) in [5.41, 5.74) is 0.164. The fraction of sp³-hybridized carbons (Fsp3) is 0.346. The van der Waals surface area contributed by atoms with Crippen LogP contribution in [0, 0.1) is 6.92 Å². The average molecular weight is 531 g/mol. The van der Waals surface area contributed by atoms with E-state index in [9.17, 15) is 27.0 Å². The third-order valence-corrected chi connectivity index (χ3v) is 7.80. The van der Waals surface area contributed by atoms with Gasteiger partial charge in [0.1, 0.15) is 5.82 Å². The highest BCUT2D eigenvalue weighted by Gasteiger charge is 2.43. The zero-order chi connectivity index (χ0) is 27.0. The molecular weight excluding hydrogens is 505 g/mol. The van der Waals surface area contributed by atoms with Gasteiger partial charge < -0.3 is 5.32 Å². The van der Waals surface area contributed by atoms with Crippen molar-refractivity contribution < 1.29 is 27.0 Å². The summed E-state index contributed by atoms with van der Waals surface area (Å²) in [5, 5.41) is 9.77. The number of rotatable bonds is 6. The highest BCUT2D eigenvalue weighted by atomic mass is 32.2. The maximum atomic E-state index is 13.5. The Morgan fingerprint density at radius 1 is 1.14 bits per heavy atom. The molecule has 7 nitrogen and oxygen atoms in total. The molecule has 0 bridgehead atoms. The molecule has 1 aromatic carbocycles. The Kier molecular flexibility index (Phi) is 7.27. The Bertz CT molecular complexity index is 1380. The topological polar surface area (TPSA) is 102 Å². The minimum Gasteiger partial charge on any atom is -0.310 e. The lowest BCUT2D eigenvalue weighted by Crippen LogP contribution is -2.39. The van der Waals surface area contributed by atoms with E-state index in [1.807, 2.05) is 6.92 Å². The fourth-order valence-electron chi connectivity index (χ4n) is 4.37. The number of ketones is 1. The molecule has 1 aliphatic carbocycles. The zero-order valence-electron chi connectivity index (χ0n) is 20.5. The van der Waals surface area contributed by atoms with Gasteiger partial charge in [0.05, 0.1) is 34.0 Å². The van der Waals surface area contributed by atoms with Crippen molar-refractivity contribution >= 4 is 28.3 Å². The Morgan fingerprint density at radius 2 is 1.84 bits per heavy atom. The molecule has 3 aromatic rings. The smallest absolute Gasteiger partial charge is 0.310 e. The lowest BCUT2D eigenvalue weighted by atomic mass is 9.70. The summed E-state index contributed by atoms with van der Waals surface area (Å²) in [6.45, 7) is 5.21. The molecule has 0 spiro atoms. The summed E-state index contributed by atoms with van der Waals surface area (Å²) < 4.78 is 50.5. The molecule has 0 saturated heterocycles. The van der Waals surface area contributed by atoms with Crippen LogP contribution in [0.1, 0.15) is 58.8 Å². The fourth-order valence-corrected chi connectivity index (χ4v) is 5.14. The van der Waals surface area contributed by atoms with Gasteiger partial charge in [-0.2, -0.15) is 18.3 Å². The van der Waals surface area contributed by atoms with Crippen molar-refractivity contribution in [1.29, 1.82) is 0 Å². The van der Waals surface area contributed by atoms with E-state index in [1.54, 1.807) is 44.2 Å². The Balaban J connectivity index is 1.51. The molecular formula is C26H25F3N4O3S. The Labute approximate surface area is 214 Å². The van der Waals surface area contributed by atoms with Crippen LogP contribution < -0.4 is 5.32 Å². The van der Waals surface area contributed by atoms with Crippen LogP contribution in [0.15, 0.2) is 47.4 Å². The van der Waals surface area contributed by atoms with Crippen molar-refractivity contribution in [1.82, 2.24) is 15.2 Å². The summed E-state index contributed by atoms with van der Waals surface area (Å²) in [5.74, 6) is 0.247. The molecule has 194 valence electrons. The SMILES string of the molecule is CCS(=O)c1ccc(CC(=O)Nc2cc(C)c3c(n2)CCC(C)(c2ccc(C(F)(F)F)nn2)C3=O)cc1. The second kappa shape index (κ2) is 10.1. The number of Topliss-reactive ketones (excluding diaryl/α,β-unsaturated/α-hetero) is 1. The van der Waals surface area contributed by atoms with E-state index >= 15 is 0 Å². The third kappa shape index (κ3) is 5.46. The minimum atomic E-state index is -4.62. The number of carbonyl (C=O) groups is 2. The van der Waals surface area contributed by atoms with Crippen molar-refractivity contribution in [3.05, 3.63) is 76.2 Å². The van der Waals surface area contributed by atoms with Crippen LogP contribution in [0.5, 0.6) is 0 Å². The van der Waals surface area contributed by atoms with Crippen LogP contribution in [0.2, 0.25) is 0 Å². The van der Waals surface area contributed by atoms with Crippen LogP contribution in [0.4, 0.5) is 19.0 Å². The average Bonchev–Trinajstić information content (AvgIpc) is 2.85. The molecule has 1 N–H and O–H groups in total. The molecule has 1 amide bonds. The summed E-state index contributed by atoms with van der Waals surface area (Å²) in [7, 11) is -1.06. The van der Waals surface area contributed by atoms with Gasteiger partial charge in [0, 0.05) is 16.2 Å². The van der Waals surface area contributed by atoms with Crippen molar-refractivity contribution in [3.63, 3.8) is 0 Å². The van der Waals surface area contributed by atoms with Crippen LogP contribution >= 0.6 is 0 Å². The molecule has 11 heteroatoms. The maximum Gasteiger partial charge on any atom is 0.435 e. The molecule has 0 radical (unpaired) electrons. The molecule has 0 saturated carbocycles. The van der Waals surface area contributed by atoms with Crippen LogP contribution in [0.25, 0.3) is 0 Å². The number of aromatic nitrogens is 3. The summed E-state index contributed by atoms with van der Waals surface area (Å²) in [4.78, 5) is 31.3. The van der Waals surface area contributed by atoms with E-state index in [0.717, 1.165) is 11.6 Å². The van der Waals surface area contributed by atoms with Crippen molar-refractivity contribution in [2.45, 2.75) is 56.5 Å².